The summed E-state index contributed by atoms with van der Waals surface area (Å²) in [5, 5.41) is 4.33. The second-order valence-corrected chi connectivity index (χ2v) is 6.74. The lowest BCUT2D eigenvalue weighted by molar-refractivity contribution is 0.0783. The molecule has 0 bridgehead atoms. The van der Waals surface area contributed by atoms with Crippen LogP contribution in [0.15, 0.2) is 42.7 Å². The SMILES string of the molecule is Cl.NC1CCCC2CN(C(=O)c3cnn(-c4ccccc4)c3)CC12. The Balaban J connectivity index is 0.00000169. The van der Waals surface area contributed by atoms with E-state index in [9.17, 15) is 4.79 Å². The maximum Gasteiger partial charge on any atom is 0.257 e. The summed E-state index contributed by atoms with van der Waals surface area (Å²) in [4.78, 5) is 14.7. The summed E-state index contributed by atoms with van der Waals surface area (Å²) in [7, 11) is 0. The molecule has 3 atom stereocenters. The van der Waals surface area contributed by atoms with Crippen molar-refractivity contribution >= 4 is 18.3 Å². The molecule has 1 aromatic carbocycles. The number of carbonyl (C=O) groups excluding carboxylic acids is 1. The Labute approximate surface area is 148 Å². The van der Waals surface area contributed by atoms with Gasteiger partial charge in [-0.25, -0.2) is 4.68 Å². The molecule has 2 aliphatic rings. The highest BCUT2D eigenvalue weighted by Crippen LogP contribution is 2.36. The van der Waals surface area contributed by atoms with Gasteiger partial charge in [0.15, 0.2) is 0 Å². The largest absolute Gasteiger partial charge is 0.338 e. The molecule has 5 nitrogen and oxygen atoms in total. The summed E-state index contributed by atoms with van der Waals surface area (Å²) in [5.41, 5.74) is 7.86. The number of amides is 1. The monoisotopic (exact) mass is 346 g/mol. The van der Waals surface area contributed by atoms with Gasteiger partial charge in [0, 0.05) is 25.3 Å². The summed E-state index contributed by atoms with van der Waals surface area (Å²) in [5.74, 6) is 1.12. The minimum Gasteiger partial charge on any atom is -0.338 e. The quantitative estimate of drug-likeness (QED) is 0.908. The van der Waals surface area contributed by atoms with Gasteiger partial charge in [-0.2, -0.15) is 5.10 Å². The number of likely N-dealkylation sites (tertiary alicyclic amines) is 1. The first-order valence-electron chi connectivity index (χ1n) is 8.37. The number of hydrogen-bond acceptors (Lipinski definition) is 3. The summed E-state index contributed by atoms with van der Waals surface area (Å²) in [6, 6.07) is 10.1. The summed E-state index contributed by atoms with van der Waals surface area (Å²) < 4.78 is 1.75. The Morgan fingerprint density at radius 2 is 1.96 bits per heavy atom. The van der Waals surface area contributed by atoms with Crippen molar-refractivity contribution in [3.8, 4) is 5.69 Å². The highest BCUT2D eigenvalue weighted by Gasteiger charge is 2.40. The molecule has 1 saturated carbocycles. The van der Waals surface area contributed by atoms with Gasteiger partial charge in [-0.15, -0.1) is 12.4 Å². The van der Waals surface area contributed by atoms with E-state index in [0.717, 1.165) is 25.2 Å². The Bertz CT molecular complexity index is 702. The summed E-state index contributed by atoms with van der Waals surface area (Å²) in [6.45, 7) is 1.63. The van der Waals surface area contributed by atoms with Gasteiger partial charge >= 0.3 is 0 Å². The van der Waals surface area contributed by atoms with Gasteiger partial charge in [-0.1, -0.05) is 24.6 Å². The van der Waals surface area contributed by atoms with Crippen LogP contribution in [-0.2, 0) is 0 Å². The van der Waals surface area contributed by atoms with E-state index in [4.69, 9.17) is 5.73 Å². The molecule has 128 valence electrons. The standard InChI is InChI=1S/C18H22N4O.ClH/c19-17-8-4-5-13-10-21(12-16(13)17)18(23)14-9-20-22(11-14)15-6-2-1-3-7-15;/h1-3,6-7,9,11,13,16-17H,4-5,8,10,12,19H2;1H. The van der Waals surface area contributed by atoms with E-state index in [1.165, 1.54) is 12.8 Å². The van der Waals surface area contributed by atoms with Crippen molar-refractivity contribution < 1.29 is 4.79 Å². The zero-order valence-corrected chi connectivity index (χ0v) is 14.4. The molecule has 24 heavy (non-hydrogen) atoms. The molecule has 2 heterocycles. The van der Waals surface area contributed by atoms with Crippen molar-refractivity contribution in [3.63, 3.8) is 0 Å². The van der Waals surface area contributed by atoms with Crippen LogP contribution in [0, 0.1) is 11.8 Å². The van der Waals surface area contributed by atoms with Crippen molar-refractivity contribution in [2.24, 2.45) is 17.6 Å². The summed E-state index contributed by atoms with van der Waals surface area (Å²) in [6.07, 6.45) is 6.97. The Hall–Kier alpha value is -1.85. The average Bonchev–Trinajstić information content (AvgIpc) is 3.23. The highest BCUT2D eigenvalue weighted by molar-refractivity contribution is 5.94. The van der Waals surface area contributed by atoms with Gasteiger partial charge in [0.1, 0.15) is 0 Å². The third-order valence-electron chi connectivity index (χ3n) is 5.29. The minimum absolute atomic E-state index is 0. The molecule has 3 unspecified atom stereocenters. The minimum atomic E-state index is 0. The van der Waals surface area contributed by atoms with Crippen LogP contribution in [0.3, 0.4) is 0 Å². The summed E-state index contributed by atoms with van der Waals surface area (Å²) >= 11 is 0. The number of hydrogen-bond donors (Lipinski definition) is 1. The van der Waals surface area contributed by atoms with E-state index in [1.54, 1.807) is 10.9 Å². The fourth-order valence-electron chi connectivity index (χ4n) is 4.02. The van der Waals surface area contributed by atoms with Gasteiger partial charge in [-0.3, -0.25) is 4.79 Å². The topological polar surface area (TPSA) is 64.2 Å². The molecule has 4 rings (SSSR count). The highest BCUT2D eigenvalue weighted by atomic mass is 35.5. The number of halogens is 1. The van der Waals surface area contributed by atoms with Gasteiger partial charge in [0.2, 0.25) is 0 Å². The van der Waals surface area contributed by atoms with Crippen molar-refractivity contribution in [3.05, 3.63) is 48.3 Å². The van der Waals surface area contributed by atoms with E-state index in [1.807, 2.05) is 41.4 Å². The molecule has 1 saturated heterocycles. The van der Waals surface area contributed by atoms with E-state index in [2.05, 4.69) is 5.10 Å². The third-order valence-corrected chi connectivity index (χ3v) is 5.29. The second kappa shape index (κ2) is 6.95. The van der Waals surface area contributed by atoms with E-state index in [-0.39, 0.29) is 24.4 Å². The predicted molar refractivity (Wildman–Crippen MR) is 95.5 cm³/mol. The number of benzene rings is 1. The molecular weight excluding hydrogens is 324 g/mol. The van der Waals surface area contributed by atoms with Crippen LogP contribution in [-0.4, -0.2) is 39.7 Å². The van der Waals surface area contributed by atoms with E-state index < -0.39 is 0 Å². The van der Waals surface area contributed by atoms with Gasteiger partial charge in [0.05, 0.1) is 17.4 Å². The first kappa shape index (κ1) is 17.0. The molecule has 6 heteroatoms. The lowest BCUT2D eigenvalue weighted by Crippen LogP contribution is -2.38. The fourth-order valence-corrected chi connectivity index (χ4v) is 4.02. The molecule has 2 fully saturated rings. The molecule has 2 aromatic rings. The lowest BCUT2D eigenvalue weighted by Gasteiger charge is -2.29. The number of rotatable bonds is 2. The normalized spacial score (nSPS) is 25.9. The first-order chi connectivity index (χ1) is 11.2. The molecular formula is C18H23ClN4O. The van der Waals surface area contributed by atoms with Crippen LogP contribution in [0.25, 0.3) is 5.69 Å². The Morgan fingerprint density at radius 1 is 1.17 bits per heavy atom. The molecule has 1 aliphatic carbocycles. The van der Waals surface area contributed by atoms with E-state index >= 15 is 0 Å². The molecule has 0 radical (unpaired) electrons. The molecule has 1 aliphatic heterocycles. The maximum atomic E-state index is 12.8. The van der Waals surface area contributed by atoms with Gasteiger partial charge in [-0.05, 0) is 36.8 Å². The first-order valence-corrected chi connectivity index (χ1v) is 8.37. The Kier molecular flexibility index (Phi) is 4.92. The Morgan fingerprint density at radius 3 is 2.71 bits per heavy atom. The fraction of sp³-hybridized carbons (Fsp3) is 0.444. The number of nitrogens with zero attached hydrogens (tertiary/aromatic N) is 3. The maximum absolute atomic E-state index is 12.8. The van der Waals surface area contributed by atoms with Crippen LogP contribution in [0.4, 0.5) is 0 Å². The van der Waals surface area contributed by atoms with Crippen LogP contribution >= 0.6 is 12.4 Å². The number of nitrogens with two attached hydrogens (primary N) is 1. The zero-order valence-electron chi connectivity index (χ0n) is 13.5. The molecule has 0 spiro atoms. The zero-order chi connectivity index (χ0) is 15.8. The predicted octanol–water partition coefficient (Wildman–Crippen LogP) is 2.49. The number of aromatic nitrogens is 2. The second-order valence-electron chi connectivity index (χ2n) is 6.74. The number of fused-ring (bicyclic) bond motifs is 1. The lowest BCUT2D eigenvalue weighted by atomic mass is 9.78. The van der Waals surface area contributed by atoms with Crippen molar-refractivity contribution in [2.45, 2.75) is 25.3 Å². The smallest absolute Gasteiger partial charge is 0.257 e. The third kappa shape index (κ3) is 3.06. The van der Waals surface area contributed by atoms with Crippen LogP contribution in [0.2, 0.25) is 0 Å². The number of carbonyl (C=O) groups is 1. The molecule has 1 aromatic heterocycles. The van der Waals surface area contributed by atoms with Gasteiger partial charge in [0.25, 0.3) is 5.91 Å². The number of para-hydroxylation sites is 1. The van der Waals surface area contributed by atoms with Crippen molar-refractivity contribution in [2.75, 3.05) is 13.1 Å². The van der Waals surface area contributed by atoms with Crippen molar-refractivity contribution in [1.82, 2.24) is 14.7 Å². The average molecular weight is 347 g/mol. The van der Waals surface area contributed by atoms with Gasteiger partial charge < -0.3 is 10.6 Å². The van der Waals surface area contributed by atoms with Crippen LogP contribution < -0.4 is 5.73 Å². The van der Waals surface area contributed by atoms with E-state index in [0.29, 0.717) is 17.4 Å². The molecule has 1 amide bonds. The van der Waals surface area contributed by atoms with Crippen molar-refractivity contribution in [1.29, 1.82) is 0 Å². The van der Waals surface area contributed by atoms with Crippen LogP contribution in [0.5, 0.6) is 0 Å². The molecule has 2 N–H and O–H groups in total. The van der Waals surface area contributed by atoms with Crippen LogP contribution in [0.1, 0.15) is 29.6 Å².